The van der Waals surface area contributed by atoms with E-state index in [2.05, 4.69) is 5.32 Å². The summed E-state index contributed by atoms with van der Waals surface area (Å²) < 4.78 is 27.9. The van der Waals surface area contributed by atoms with Crippen LogP contribution < -0.4 is 20.1 Å². The molecule has 0 saturated carbocycles. The van der Waals surface area contributed by atoms with Crippen LogP contribution in [0.2, 0.25) is 0 Å². The second kappa shape index (κ2) is 10.8. The number of carbonyl (C=O) groups is 1. The second-order valence-electron chi connectivity index (χ2n) is 7.33. The summed E-state index contributed by atoms with van der Waals surface area (Å²) in [5, 5.41) is 8.05. The van der Waals surface area contributed by atoms with E-state index in [9.17, 15) is 13.2 Å². The molecule has 3 aromatic rings. The predicted molar refractivity (Wildman–Crippen MR) is 125 cm³/mol. The molecule has 0 heterocycles. The third-order valence-electron chi connectivity index (χ3n) is 4.98. The largest absolute Gasteiger partial charge is 0.497 e. The molecular formula is C24H27N3O4S. The minimum atomic E-state index is -3.71. The van der Waals surface area contributed by atoms with Gasteiger partial charge in [-0.15, -0.1) is 0 Å². The number of amides is 1. The van der Waals surface area contributed by atoms with Gasteiger partial charge < -0.3 is 15.0 Å². The Hall–Kier alpha value is -3.36. The second-order valence-corrected chi connectivity index (χ2v) is 8.89. The van der Waals surface area contributed by atoms with E-state index in [-0.39, 0.29) is 17.3 Å². The normalized spacial score (nSPS) is 11.1. The van der Waals surface area contributed by atoms with Gasteiger partial charge >= 0.3 is 0 Å². The quantitative estimate of drug-likeness (QED) is 0.492. The molecule has 1 amide bonds. The Morgan fingerprint density at radius 1 is 0.938 bits per heavy atom. The number of nitrogens with two attached hydrogens (primary N) is 1. The van der Waals surface area contributed by atoms with E-state index in [1.165, 1.54) is 12.1 Å². The highest BCUT2D eigenvalue weighted by atomic mass is 32.2. The molecular weight excluding hydrogens is 426 g/mol. The zero-order valence-corrected chi connectivity index (χ0v) is 18.7. The average molecular weight is 454 g/mol. The van der Waals surface area contributed by atoms with E-state index >= 15 is 0 Å². The van der Waals surface area contributed by atoms with Gasteiger partial charge in [0, 0.05) is 18.8 Å². The third kappa shape index (κ3) is 6.83. The minimum absolute atomic E-state index is 0.0707. The monoisotopic (exact) mass is 453 g/mol. The standard InChI is InChI=1S/C24H27N3O4S/c1-31-22-11-9-21(10-12-22)27(17-20-5-3-2-4-6-20)18-24(28)26-16-15-19-7-13-23(14-8-19)32(25,29)30/h2-14H,15-18H2,1H3,(H,26,28)(H2,25,29,30). The van der Waals surface area contributed by atoms with Crippen molar-refractivity contribution < 1.29 is 17.9 Å². The van der Waals surface area contributed by atoms with Gasteiger partial charge in [-0.3, -0.25) is 4.79 Å². The van der Waals surface area contributed by atoms with E-state index in [4.69, 9.17) is 9.88 Å². The Balaban J connectivity index is 1.60. The third-order valence-corrected chi connectivity index (χ3v) is 5.91. The van der Waals surface area contributed by atoms with Crippen molar-refractivity contribution in [3.63, 3.8) is 0 Å². The van der Waals surface area contributed by atoms with Crippen LogP contribution in [0, 0.1) is 0 Å². The summed E-state index contributed by atoms with van der Waals surface area (Å²) in [4.78, 5) is 14.7. The van der Waals surface area contributed by atoms with Crippen LogP contribution in [-0.2, 0) is 27.8 Å². The molecule has 7 nitrogen and oxygen atoms in total. The van der Waals surface area contributed by atoms with Gasteiger partial charge in [0.2, 0.25) is 15.9 Å². The fraction of sp³-hybridized carbons (Fsp3) is 0.208. The van der Waals surface area contributed by atoms with Crippen LogP contribution in [0.1, 0.15) is 11.1 Å². The molecule has 0 saturated heterocycles. The number of hydrogen-bond acceptors (Lipinski definition) is 5. The number of nitrogens with one attached hydrogen (secondary N) is 1. The lowest BCUT2D eigenvalue weighted by Gasteiger charge is -2.24. The summed E-state index contributed by atoms with van der Waals surface area (Å²) in [5.74, 6) is 0.657. The molecule has 0 spiro atoms. The van der Waals surface area contributed by atoms with Crippen LogP contribution >= 0.6 is 0 Å². The molecule has 3 rings (SSSR count). The van der Waals surface area contributed by atoms with Gasteiger partial charge in [0.05, 0.1) is 18.6 Å². The highest BCUT2D eigenvalue weighted by Crippen LogP contribution is 2.21. The molecule has 0 atom stereocenters. The Kier molecular flexibility index (Phi) is 7.86. The number of nitrogens with zero attached hydrogens (tertiary/aromatic N) is 1. The van der Waals surface area contributed by atoms with Crippen LogP contribution in [0.25, 0.3) is 0 Å². The number of primary sulfonamides is 1. The first-order valence-corrected chi connectivity index (χ1v) is 11.7. The zero-order valence-electron chi connectivity index (χ0n) is 17.9. The molecule has 0 bridgehead atoms. The molecule has 0 unspecified atom stereocenters. The molecule has 8 heteroatoms. The zero-order chi connectivity index (χ0) is 23.0. The van der Waals surface area contributed by atoms with Gasteiger partial charge in [0.1, 0.15) is 5.75 Å². The molecule has 0 aliphatic carbocycles. The Bertz CT molecular complexity index is 1120. The number of ether oxygens (including phenoxy) is 1. The number of hydrogen-bond donors (Lipinski definition) is 2. The molecule has 3 aromatic carbocycles. The van der Waals surface area contributed by atoms with Gasteiger partial charge in [0.25, 0.3) is 0 Å². The minimum Gasteiger partial charge on any atom is -0.497 e. The van der Waals surface area contributed by atoms with Crippen LogP contribution in [-0.4, -0.2) is 34.5 Å². The molecule has 0 radical (unpaired) electrons. The summed E-state index contributed by atoms with van der Waals surface area (Å²) in [6.07, 6.45) is 0.581. The highest BCUT2D eigenvalue weighted by Gasteiger charge is 2.13. The fourth-order valence-corrected chi connectivity index (χ4v) is 3.77. The summed E-state index contributed by atoms with van der Waals surface area (Å²) >= 11 is 0. The van der Waals surface area contributed by atoms with Crippen LogP contribution in [0.3, 0.4) is 0 Å². The lowest BCUT2D eigenvalue weighted by molar-refractivity contribution is -0.119. The van der Waals surface area contributed by atoms with Crippen molar-refractivity contribution in [2.24, 2.45) is 5.14 Å². The fourth-order valence-electron chi connectivity index (χ4n) is 3.26. The summed E-state index contributed by atoms with van der Waals surface area (Å²) in [7, 11) is -2.09. The number of anilines is 1. The van der Waals surface area contributed by atoms with Gasteiger partial charge in [-0.05, 0) is 53.9 Å². The van der Waals surface area contributed by atoms with Crippen LogP contribution in [0.4, 0.5) is 5.69 Å². The van der Waals surface area contributed by atoms with E-state index in [1.54, 1.807) is 19.2 Å². The first-order chi connectivity index (χ1) is 15.3. The smallest absolute Gasteiger partial charge is 0.239 e. The van der Waals surface area contributed by atoms with E-state index in [0.29, 0.717) is 19.5 Å². The summed E-state index contributed by atoms with van der Waals surface area (Å²) in [6.45, 7) is 1.23. The number of methoxy groups -OCH3 is 1. The van der Waals surface area contributed by atoms with Crippen molar-refractivity contribution >= 4 is 21.6 Å². The maximum Gasteiger partial charge on any atom is 0.239 e. The number of sulfonamides is 1. The van der Waals surface area contributed by atoms with Crippen molar-refractivity contribution in [3.8, 4) is 5.75 Å². The molecule has 3 N–H and O–H groups in total. The Morgan fingerprint density at radius 3 is 2.19 bits per heavy atom. The molecule has 0 fully saturated rings. The van der Waals surface area contributed by atoms with Gasteiger partial charge in [-0.2, -0.15) is 0 Å². The SMILES string of the molecule is COc1ccc(N(CC(=O)NCCc2ccc(S(N)(=O)=O)cc2)Cc2ccccc2)cc1. The van der Waals surface area contributed by atoms with Crippen molar-refractivity contribution in [3.05, 3.63) is 90.0 Å². The predicted octanol–water partition coefficient (Wildman–Crippen LogP) is 2.71. The molecule has 0 aliphatic rings. The lowest BCUT2D eigenvalue weighted by atomic mass is 10.1. The van der Waals surface area contributed by atoms with Gasteiger partial charge in [-0.25, -0.2) is 13.6 Å². The Morgan fingerprint density at radius 2 is 1.59 bits per heavy atom. The maximum absolute atomic E-state index is 12.6. The number of carbonyl (C=O) groups excluding carboxylic acids is 1. The van der Waals surface area contributed by atoms with E-state index in [0.717, 1.165) is 22.6 Å². The first kappa shape index (κ1) is 23.3. The molecule has 0 aliphatic heterocycles. The van der Waals surface area contributed by atoms with E-state index < -0.39 is 10.0 Å². The topological polar surface area (TPSA) is 102 Å². The van der Waals surface area contributed by atoms with Crippen LogP contribution in [0.5, 0.6) is 5.75 Å². The number of benzene rings is 3. The Labute approximate surface area is 188 Å². The highest BCUT2D eigenvalue weighted by molar-refractivity contribution is 7.89. The number of rotatable bonds is 10. The van der Waals surface area contributed by atoms with Gasteiger partial charge in [0.15, 0.2) is 0 Å². The molecule has 32 heavy (non-hydrogen) atoms. The maximum atomic E-state index is 12.6. The summed E-state index contributed by atoms with van der Waals surface area (Å²) in [5.41, 5.74) is 2.93. The van der Waals surface area contributed by atoms with Crippen molar-refractivity contribution in [1.82, 2.24) is 5.32 Å². The first-order valence-electron chi connectivity index (χ1n) is 10.2. The van der Waals surface area contributed by atoms with Crippen molar-refractivity contribution in [2.75, 3.05) is 25.1 Å². The molecule has 168 valence electrons. The van der Waals surface area contributed by atoms with E-state index in [1.807, 2.05) is 59.5 Å². The average Bonchev–Trinajstić information content (AvgIpc) is 2.79. The molecule has 0 aromatic heterocycles. The van der Waals surface area contributed by atoms with Crippen LogP contribution in [0.15, 0.2) is 83.8 Å². The summed E-state index contributed by atoms with van der Waals surface area (Å²) in [6, 6.07) is 23.9. The lowest BCUT2D eigenvalue weighted by Crippen LogP contribution is -2.37. The van der Waals surface area contributed by atoms with Crippen molar-refractivity contribution in [2.45, 2.75) is 17.9 Å². The van der Waals surface area contributed by atoms with Gasteiger partial charge in [-0.1, -0.05) is 42.5 Å². The van der Waals surface area contributed by atoms with Crippen molar-refractivity contribution in [1.29, 1.82) is 0 Å².